The molecular formula is C13H24O5Si. The lowest BCUT2D eigenvalue weighted by atomic mass is 10.1. The molecule has 0 aliphatic heterocycles. The van der Waals surface area contributed by atoms with Gasteiger partial charge in [0.15, 0.2) is 0 Å². The fourth-order valence-electron chi connectivity index (χ4n) is 1.41. The van der Waals surface area contributed by atoms with Crippen molar-refractivity contribution < 1.29 is 23.5 Å². The highest BCUT2D eigenvalue weighted by atomic mass is 28.4. The van der Waals surface area contributed by atoms with Crippen LogP contribution in [-0.4, -0.2) is 34.5 Å². The summed E-state index contributed by atoms with van der Waals surface area (Å²) >= 11 is 0. The van der Waals surface area contributed by atoms with Gasteiger partial charge in [-0.05, 0) is 32.5 Å². The molecule has 0 N–H and O–H groups in total. The van der Waals surface area contributed by atoms with Gasteiger partial charge in [-0.2, -0.15) is 0 Å². The Kier molecular flexibility index (Phi) is 8.14. The first-order valence-electron chi connectivity index (χ1n) is 6.33. The average molecular weight is 288 g/mol. The smallest absolute Gasteiger partial charge is 0.333 e. The van der Waals surface area contributed by atoms with Crippen LogP contribution >= 0.6 is 0 Å². The molecule has 110 valence electrons. The minimum absolute atomic E-state index is 0.218. The van der Waals surface area contributed by atoms with E-state index in [1.54, 1.807) is 0 Å². The summed E-state index contributed by atoms with van der Waals surface area (Å²) in [5.74, 6) is 0.00159. The molecule has 0 aliphatic rings. The van der Waals surface area contributed by atoms with E-state index >= 15 is 0 Å². The van der Waals surface area contributed by atoms with E-state index in [2.05, 4.69) is 9.47 Å². The van der Waals surface area contributed by atoms with Crippen molar-refractivity contribution in [3.63, 3.8) is 0 Å². The lowest BCUT2D eigenvalue weighted by Crippen LogP contribution is -2.25. The molecule has 6 heteroatoms. The molecule has 0 amide bonds. The Hall–Kier alpha value is -1.30. The summed E-state index contributed by atoms with van der Waals surface area (Å²) < 4.78 is 15.0. The normalized spacial score (nSPS) is 11.9. The Labute approximate surface area is 116 Å². The Balaban J connectivity index is 4.32. The number of carbonyl (C=O) groups excluding carboxylic acids is 2. The van der Waals surface area contributed by atoms with Gasteiger partial charge in [0.05, 0.1) is 26.1 Å². The van der Waals surface area contributed by atoms with Gasteiger partial charge in [0, 0.05) is 12.8 Å². The molecule has 5 nitrogen and oxygen atoms in total. The van der Waals surface area contributed by atoms with Crippen LogP contribution in [0.1, 0.15) is 25.7 Å². The summed E-state index contributed by atoms with van der Waals surface area (Å²) in [5.41, 5.74) is 0. The number of rotatable bonds is 8. The second-order valence-electron chi connectivity index (χ2n) is 5.13. The van der Waals surface area contributed by atoms with Crippen molar-refractivity contribution in [1.82, 2.24) is 0 Å². The van der Waals surface area contributed by atoms with Gasteiger partial charge in [-0.25, -0.2) is 4.79 Å². The van der Waals surface area contributed by atoms with Gasteiger partial charge in [0.1, 0.15) is 0 Å². The van der Waals surface area contributed by atoms with Crippen molar-refractivity contribution in [3.05, 3.63) is 11.8 Å². The number of ether oxygens (including phenoxy) is 2. The van der Waals surface area contributed by atoms with Crippen molar-refractivity contribution in [2.45, 2.75) is 45.3 Å². The maximum atomic E-state index is 11.3. The first kappa shape index (κ1) is 17.7. The first-order valence-corrected chi connectivity index (χ1v) is 9.73. The van der Waals surface area contributed by atoms with E-state index in [-0.39, 0.29) is 5.97 Å². The SMILES string of the molecule is COC(=O)/C=C(/CCCCC(=O)OC)O[Si](C)(C)C. The number of hydrogen-bond donors (Lipinski definition) is 0. The van der Waals surface area contributed by atoms with E-state index in [0.717, 1.165) is 6.42 Å². The van der Waals surface area contributed by atoms with Gasteiger partial charge in [0.25, 0.3) is 0 Å². The molecule has 0 aliphatic carbocycles. The van der Waals surface area contributed by atoms with Gasteiger partial charge in [-0.15, -0.1) is 0 Å². The zero-order chi connectivity index (χ0) is 14.9. The number of unbranched alkanes of at least 4 members (excludes halogenated alkanes) is 1. The lowest BCUT2D eigenvalue weighted by molar-refractivity contribution is -0.140. The van der Waals surface area contributed by atoms with E-state index in [4.69, 9.17) is 4.43 Å². The highest BCUT2D eigenvalue weighted by Crippen LogP contribution is 2.17. The largest absolute Gasteiger partial charge is 0.547 e. The second kappa shape index (κ2) is 8.74. The van der Waals surface area contributed by atoms with Crippen LogP contribution in [0.2, 0.25) is 19.6 Å². The fraction of sp³-hybridized carbons (Fsp3) is 0.692. The van der Waals surface area contributed by atoms with E-state index < -0.39 is 14.3 Å². The zero-order valence-corrected chi connectivity index (χ0v) is 13.4. The van der Waals surface area contributed by atoms with Crippen LogP contribution < -0.4 is 0 Å². The quantitative estimate of drug-likeness (QED) is 0.226. The third kappa shape index (κ3) is 10.3. The Morgan fingerprint density at radius 2 is 1.58 bits per heavy atom. The van der Waals surface area contributed by atoms with E-state index in [1.165, 1.54) is 20.3 Å². The van der Waals surface area contributed by atoms with Crippen LogP contribution in [0.4, 0.5) is 0 Å². The molecule has 0 saturated carbocycles. The van der Waals surface area contributed by atoms with Crippen LogP contribution in [0.15, 0.2) is 11.8 Å². The molecule has 19 heavy (non-hydrogen) atoms. The molecule has 0 radical (unpaired) electrons. The molecule has 0 aromatic rings. The van der Waals surface area contributed by atoms with E-state index in [1.807, 2.05) is 19.6 Å². The van der Waals surface area contributed by atoms with Crippen LogP contribution in [0.5, 0.6) is 0 Å². The molecule has 0 saturated heterocycles. The first-order chi connectivity index (χ1) is 8.78. The lowest BCUT2D eigenvalue weighted by Gasteiger charge is -2.21. The van der Waals surface area contributed by atoms with Gasteiger partial charge in [0.2, 0.25) is 8.32 Å². The maximum Gasteiger partial charge on any atom is 0.333 e. The predicted octanol–water partition coefficient (Wildman–Crippen LogP) is 2.63. The molecule has 0 aromatic heterocycles. The number of hydrogen-bond acceptors (Lipinski definition) is 5. The number of methoxy groups -OCH3 is 2. The molecule has 0 aromatic carbocycles. The monoisotopic (exact) mass is 288 g/mol. The minimum Gasteiger partial charge on any atom is -0.547 e. The predicted molar refractivity (Wildman–Crippen MR) is 75.0 cm³/mol. The highest BCUT2D eigenvalue weighted by molar-refractivity contribution is 6.70. The van der Waals surface area contributed by atoms with Crippen molar-refractivity contribution >= 4 is 20.3 Å². The van der Waals surface area contributed by atoms with Crippen LogP contribution in [0.3, 0.4) is 0 Å². The molecule has 0 rings (SSSR count). The number of allylic oxidation sites excluding steroid dienone is 1. The third-order valence-electron chi connectivity index (χ3n) is 2.20. The summed E-state index contributed by atoms with van der Waals surface area (Å²) in [6.07, 6.45) is 3.87. The molecule has 0 bridgehead atoms. The summed E-state index contributed by atoms with van der Waals surface area (Å²) in [4.78, 5) is 22.2. The summed E-state index contributed by atoms with van der Waals surface area (Å²) in [5, 5.41) is 0. The third-order valence-corrected chi connectivity index (χ3v) is 3.07. The van der Waals surface area contributed by atoms with Gasteiger partial charge >= 0.3 is 11.9 Å². The number of esters is 2. The summed E-state index contributed by atoms with van der Waals surface area (Å²) in [6.45, 7) is 6.14. The zero-order valence-electron chi connectivity index (χ0n) is 12.4. The summed E-state index contributed by atoms with van der Waals surface area (Å²) in [6, 6.07) is 0. The topological polar surface area (TPSA) is 61.8 Å². The molecule has 0 heterocycles. The molecule has 0 fully saturated rings. The molecular weight excluding hydrogens is 264 g/mol. The van der Waals surface area contributed by atoms with Crippen molar-refractivity contribution in [2.24, 2.45) is 0 Å². The van der Waals surface area contributed by atoms with Crippen LogP contribution in [0.25, 0.3) is 0 Å². The van der Waals surface area contributed by atoms with Crippen LogP contribution in [0, 0.1) is 0 Å². The van der Waals surface area contributed by atoms with Crippen LogP contribution in [-0.2, 0) is 23.5 Å². The highest BCUT2D eigenvalue weighted by Gasteiger charge is 2.18. The Bertz CT molecular complexity index is 330. The van der Waals surface area contributed by atoms with Gasteiger partial charge < -0.3 is 13.9 Å². The Morgan fingerprint density at radius 1 is 1.00 bits per heavy atom. The molecule has 0 spiro atoms. The minimum atomic E-state index is -1.76. The van der Waals surface area contributed by atoms with Gasteiger partial charge in [-0.3, -0.25) is 4.79 Å². The van der Waals surface area contributed by atoms with Crippen molar-refractivity contribution in [2.75, 3.05) is 14.2 Å². The summed E-state index contributed by atoms with van der Waals surface area (Å²) in [7, 11) is 0.953. The standard InChI is InChI=1S/C13H24O5Si/c1-16-12(14)9-7-6-8-11(10-13(15)17-2)18-19(3,4)5/h10H,6-9H2,1-5H3/b11-10-. The maximum absolute atomic E-state index is 11.3. The molecule has 0 unspecified atom stereocenters. The Morgan fingerprint density at radius 3 is 2.05 bits per heavy atom. The van der Waals surface area contributed by atoms with Gasteiger partial charge in [-0.1, -0.05) is 0 Å². The van der Waals surface area contributed by atoms with Crippen molar-refractivity contribution in [1.29, 1.82) is 0 Å². The second-order valence-corrected chi connectivity index (χ2v) is 9.56. The average Bonchev–Trinajstić information content (AvgIpc) is 2.31. The number of carbonyl (C=O) groups is 2. The molecule has 0 atom stereocenters. The van der Waals surface area contributed by atoms with E-state index in [0.29, 0.717) is 25.0 Å². The van der Waals surface area contributed by atoms with Crippen molar-refractivity contribution in [3.8, 4) is 0 Å². The van der Waals surface area contributed by atoms with E-state index in [9.17, 15) is 9.59 Å². The fourth-order valence-corrected chi connectivity index (χ4v) is 2.35.